The van der Waals surface area contributed by atoms with Crippen molar-refractivity contribution in [2.75, 3.05) is 13.7 Å². The lowest BCUT2D eigenvalue weighted by atomic mass is 10.1. The minimum atomic E-state index is -0.980. The maximum atomic E-state index is 10.6. The van der Waals surface area contributed by atoms with Gasteiger partial charge in [0.15, 0.2) is 6.10 Å². The molecule has 0 saturated heterocycles. The lowest BCUT2D eigenvalue weighted by molar-refractivity contribution is -0.150. The lowest BCUT2D eigenvalue weighted by Crippen LogP contribution is -2.21. The molecule has 0 bridgehead atoms. The van der Waals surface area contributed by atoms with E-state index in [2.05, 4.69) is 4.74 Å². The molecule has 0 radical (unpaired) electrons. The summed E-state index contributed by atoms with van der Waals surface area (Å²) in [6, 6.07) is 0. The van der Waals surface area contributed by atoms with Crippen LogP contribution in [-0.4, -0.2) is 30.8 Å². The number of rotatable bonds is 5. The molecule has 0 fully saturated rings. The van der Waals surface area contributed by atoms with Gasteiger partial charge < -0.3 is 15.6 Å². The van der Waals surface area contributed by atoms with E-state index in [9.17, 15) is 4.79 Å². The molecule has 0 aromatic heterocycles. The third kappa shape index (κ3) is 4.75. The van der Waals surface area contributed by atoms with Crippen LogP contribution in [0.5, 0.6) is 0 Å². The first-order valence-electron chi connectivity index (χ1n) is 3.68. The number of esters is 1. The van der Waals surface area contributed by atoms with Crippen LogP contribution in [0.25, 0.3) is 0 Å². The molecule has 0 saturated carbocycles. The number of methoxy groups -OCH3 is 1. The molecule has 0 spiro atoms. The van der Waals surface area contributed by atoms with Gasteiger partial charge in [-0.1, -0.05) is 0 Å². The minimum absolute atomic E-state index is 0.434. The Morgan fingerprint density at radius 3 is 2.73 bits per heavy atom. The van der Waals surface area contributed by atoms with Crippen LogP contribution in [-0.2, 0) is 9.53 Å². The largest absolute Gasteiger partial charge is 0.467 e. The molecule has 0 heterocycles. The molecule has 0 aliphatic carbocycles. The summed E-state index contributed by atoms with van der Waals surface area (Å²) >= 11 is 0. The molecule has 0 unspecified atom stereocenters. The van der Waals surface area contributed by atoms with Gasteiger partial charge in [0.1, 0.15) is 0 Å². The predicted octanol–water partition coefficient (Wildman–Crippen LogP) is -0.351. The van der Waals surface area contributed by atoms with Crippen molar-refractivity contribution in [3.05, 3.63) is 0 Å². The number of ether oxygens (including phenoxy) is 1. The molecular formula is C7H15NO3. The predicted molar refractivity (Wildman–Crippen MR) is 40.9 cm³/mol. The second-order valence-corrected chi connectivity index (χ2v) is 2.32. The molecule has 11 heavy (non-hydrogen) atoms. The first kappa shape index (κ1) is 10.4. The third-order valence-electron chi connectivity index (χ3n) is 1.40. The number of unbranched alkanes of at least 4 members (excludes halogenated alkanes) is 1. The third-order valence-corrected chi connectivity index (χ3v) is 1.40. The Kier molecular flexibility index (Phi) is 5.78. The summed E-state index contributed by atoms with van der Waals surface area (Å²) in [4.78, 5) is 10.6. The molecule has 1 atom stereocenters. The molecule has 0 aliphatic heterocycles. The van der Waals surface area contributed by atoms with Gasteiger partial charge in [-0.2, -0.15) is 0 Å². The highest BCUT2D eigenvalue weighted by atomic mass is 16.5. The van der Waals surface area contributed by atoms with Crippen LogP contribution in [0.15, 0.2) is 0 Å². The zero-order valence-electron chi connectivity index (χ0n) is 6.75. The molecule has 0 amide bonds. The van der Waals surface area contributed by atoms with Crippen LogP contribution >= 0.6 is 0 Å². The molecule has 0 aromatic rings. The first-order valence-corrected chi connectivity index (χ1v) is 3.68. The summed E-state index contributed by atoms with van der Waals surface area (Å²) in [7, 11) is 1.26. The highest BCUT2D eigenvalue weighted by Crippen LogP contribution is 2.00. The fourth-order valence-corrected chi connectivity index (χ4v) is 0.736. The Bertz CT molecular complexity index is 116. The molecule has 4 heteroatoms. The van der Waals surface area contributed by atoms with Crippen molar-refractivity contribution >= 4 is 5.97 Å². The van der Waals surface area contributed by atoms with E-state index in [1.807, 2.05) is 0 Å². The Morgan fingerprint density at radius 1 is 1.64 bits per heavy atom. The number of hydrogen-bond acceptors (Lipinski definition) is 4. The maximum absolute atomic E-state index is 10.6. The van der Waals surface area contributed by atoms with Crippen molar-refractivity contribution in [3.8, 4) is 0 Å². The van der Waals surface area contributed by atoms with Gasteiger partial charge in [0.05, 0.1) is 7.11 Å². The SMILES string of the molecule is COC(=O)[C@@H](O)CCCCN. The van der Waals surface area contributed by atoms with Gasteiger partial charge >= 0.3 is 5.97 Å². The van der Waals surface area contributed by atoms with E-state index >= 15 is 0 Å². The Labute approximate surface area is 66.3 Å². The average molecular weight is 161 g/mol. The van der Waals surface area contributed by atoms with Gasteiger partial charge in [-0.3, -0.25) is 0 Å². The van der Waals surface area contributed by atoms with Gasteiger partial charge in [-0.15, -0.1) is 0 Å². The fraction of sp³-hybridized carbons (Fsp3) is 0.857. The Balaban J connectivity index is 3.36. The van der Waals surface area contributed by atoms with Gasteiger partial charge in [-0.05, 0) is 25.8 Å². The summed E-state index contributed by atoms with van der Waals surface area (Å²) < 4.78 is 4.32. The Morgan fingerprint density at radius 2 is 2.27 bits per heavy atom. The van der Waals surface area contributed by atoms with Crippen LogP contribution in [0.1, 0.15) is 19.3 Å². The Hall–Kier alpha value is -0.610. The maximum Gasteiger partial charge on any atom is 0.334 e. The smallest absolute Gasteiger partial charge is 0.334 e. The average Bonchev–Trinajstić information content (AvgIpc) is 2.03. The summed E-state index contributed by atoms with van der Waals surface area (Å²) in [6.45, 7) is 0.591. The topological polar surface area (TPSA) is 72.5 Å². The van der Waals surface area contributed by atoms with Crippen molar-refractivity contribution in [1.29, 1.82) is 0 Å². The van der Waals surface area contributed by atoms with E-state index in [1.165, 1.54) is 7.11 Å². The molecule has 0 rings (SSSR count). The van der Waals surface area contributed by atoms with Crippen molar-refractivity contribution in [3.63, 3.8) is 0 Å². The summed E-state index contributed by atoms with van der Waals surface area (Å²) in [5, 5.41) is 9.03. The van der Waals surface area contributed by atoms with Gasteiger partial charge in [0.25, 0.3) is 0 Å². The van der Waals surface area contributed by atoms with Crippen molar-refractivity contribution in [2.24, 2.45) is 5.73 Å². The van der Waals surface area contributed by atoms with E-state index in [1.54, 1.807) is 0 Å². The van der Waals surface area contributed by atoms with Gasteiger partial charge in [-0.25, -0.2) is 4.79 Å². The van der Waals surface area contributed by atoms with E-state index < -0.39 is 12.1 Å². The summed E-state index contributed by atoms with van der Waals surface area (Å²) in [5.41, 5.74) is 5.23. The first-order chi connectivity index (χ1) is 5.22. The molecule has 66 valence electrons. The van der Waals surface area contributed by atoms with Gasteiger partial charge in [0.2, 0.25) is 0 Å². The van der Waals surface area contributed by atoms with Crippen LogP contribution in [0, 0.1) is 0 Å². The van der Waals surface area contributed by atoms with Crippen molar-refractivity contribution < 1.29 is 14.6 Å². The van der Waals surface area contributed by atoms with E-state index in [0.717, 1.165) is 12.8 Å². The second-order valence-electron chi connectivity index (χ2n) is 2.32. The number of nitrogens with two attached hydrogens (primary N) is 1. The van der Waals surface area contributed by atoms with Gasteiger partial charge in [0, 0.05) is 0 Å². The van der Waals surface area contributed by atoms with Crippen LogP contribution in [0.3, 0.4) is 0 Å². The number of carbonyl (C=O) groups excluding carboxylic acids is 1. The molecule has 0 aliphatic rings. The second kappa shape index (κ2) is 6.12. The summed E-state index contributed by atoms with van der Waals surface area (Å²) in [5.74, 6) is -0.568. The number of aliphatic hydroxyl groups is 1. The molecule has 3 N–H and O–H groups in total. The fourth-order valence-electron chi connectivity index (χ4n) is 0.736. The van der Waals surface area contributed by atoms with Crippen LogP contribution in [0.2, 0.25) is 0 Å². The number of hydrogen-bond donors (Lipinski definition) is 2. The van der Waals surface area contributed by atoms with E-state index in [4.69, 9.17) is 10.8 Å². The van der Waals surface area contributed by atoms with E-state index in [0.29, 0.717) is 13.0 Å². The molecule has 0 aromatic carbocycles. The van der Waals surface area contributed by atoms with E-state index in [-0.39, 0.29) is 0 Å². The molecular weight excluding hydrogens is 146 g/mol. The highest BCUT2D eigenvalue weighted by molar-refractivity contribution is 5.74. The lowest BCUT2D eigenvalue weighted by Gasteiger charge is -2.06. The zero-order chi connectivity index (χ0) is 8.69. The van der Waals surface area contributed by atoms with Crippen LogP contribution < -0.4 is 5.73 Å². The van der Waals surface area contributed by atoms with Crippen molar-refractivity contribution in [2.45, 2.75) is 25.4 Å². The van der Waals surface area contributed by atoms with Crippen LogP contribution in [0.4, 0.5) is 0 Å². The minimum Gasteiger partial charge on any atom is -0.467 e. The van der Waals surface area contributed by atoms with Crippen molar-refractivity contribution in [1.82, 2.24) is 0 Å². The number of aliphatic hydroxyl groups excluding tert-OH is 1. The number of carbonyl (C=O) groups is 1. The monoisotopic (exact) mass is 161 g/mol. The molecule has 4 nitrogen and oxygen atoms in total. The summed E-state index contributed by atoms with van der Waals surface area (Å²) in [6.07, 6.45) is 1.04. The standard InChI is InChI=1S/C7H15NO3/c1-11-7(10)6(9)4-2-3-5-8/h6,9H,2-5,8H2,1H3/t6-/m0/s1. The normalized spacial score (nSPS) is 12.6. The quantitative estimate of drug-likeness (QED) is 0.427. The highest BCUT2D eigenvalue weighted by Gasteiger charge is 2.13. The zero-order valence-corrected chi connectivity index (χ0v) is 6.75.